The molecule has 1 aliphatic heterocycles. The molecule has 4 heteroatoms. The molecule has 0 aromatic carbocycles. The molecule has 0 spiro atoms. The Balaban J connectivity index is 1.95. The predicted molar refractivity (Wildman–Crippen MR) is 85.5 cm³/mol. The predicted octanol–water partition coefficient (Wildman–Crippen LogP) is 2.68. The van der Waals surface area contributed by atoms with Crippen LogP contribution in [0.1, 0.15) is 53.4 Å². The van der Waals surface area contributed by atoms with Gasteiger partial charge in [0.15, 0.2) is 0 Å². The van der Waals surface area contributed by atoms with Gasteiger partial charge in [-0.05, 0) is 39.5 Å². The molecule has 21 heavy (non-hydrogen) atoms. The van der Waals surface area contributed by atoms with Crippen molar-refractivity contribution in [2.45, 2.75) is 58.9 Å². The topological polar surface area (TPSA) is 43.8 Å². The normalized spacial score (nSPS) is 33.0. The van der Waals surface area contributed by atoms with E-state index < -0.39 is 11.4 Å². The van der Waals surface area contributed by atoms with Gasteiger partial charge in [0.05, 0.1) is 5.41 Å². The van der Waals surface area contributed by atoms with Crippen molar-refractivity contribution < 1.29 is 9.90 Å². The van der Waals surface area contributed by atoms with Crippen molar-refractivity contribution in [3.8, 4) is 0 Å². The van der Waals surface area contributed by atoms with Crippen LogP contribution in [0.4, 0.5) is 0 Å². The molecule has 122 valence electrons. The average Bonchev–Trinajstić information content (AvgIpc) is 2.38. The van der Waals surface area contributed by atoms with Crippen molar-refractivity contribution in [2.75, 3.05) is 32.7 Å². The highest BCUT2D eigenvalue weighted by molar-refractivity contribution is 5.75. The third-order valence-electron chi connectivity index (χ3n) is 5.39. The van der Waals surface area contributed by atoms with Gasteiger partial charge in [0.2, 0.25) is 0 Å². The maximum atomic E-state index is 11.9. The van der Waals surface area contributed by atoms with Crippen molar-refractivity contribution >= 4 is 5.97 Å². The second-order valence-electron chi connectivity index (χ2n) is 8.22. The second-order valence-corrected chi connectivity index (χ2v) is 8.22. The Kier molecular flexibility index (Phi) is 4.99. The quantitative estimate of drug-likeness (QED) is 0.869. The Labute approximate surface area is 129 Å². The lowest BCUT2D eigenvalue weighted by molar-refractivity contribution is -0.154. The number of piperazine rings is 1. The van der Waals surface area contributed by atoms with E-state index in [0.717, 1.165) is 52.0 Å². The van der Waals surface area contributed by atoms with Crippen LogP contribution in [0, 0.1) is 11.3 Å². The Morgan fingerprint density at radius 1 is 1.24 bits per heavy atom. The first-order valence-electron chi connectivity index (χ1n) is 8.44. The number of hydrogen-bond acceptors (Lipinski definition) is 3. The third kappa shape index (κ3) is 3.98. The monoisotopic (exact) mass is 296 g/mol. The Morgan fingerprint density at radius 2 is 1.86 bits per heavy atom. The largest absolute Gasteiger partial charge is 0.481 e. The van der Waals surface area contributed by atoms with Gasteiger partial charge in [-0.1, -0.05) is 19.8 Å². The van der Waals surface area contributed by atoms with Crippen LogP contribution in [0.2, 0.25) is 0 Å². The van der Waals surface area contributed by atoms with Crippen molar-refractivity contribution in [3.63, 3.8) is 0 Å². The summed E-state index contributed by atoms with van der Waals surface area (Å²) >= 11 is 0. The van der Waals surface area contributed by atoms with Crippen molar-refractivity contribution in [3.05, 3.63) is 0 Å². The van der Waals surface area contributed by atoms with Crippen LogP contribution < -0.4 is 0 Å². The Bertz CT molecular complexity index is 369. The molecule has 1 aliphatic carbocycles. The van der Waals surface area contributed by atoms with Crippen LogP contribution in [0.25, 0.3) is 0 Å². The van der Waals surface area contributed by atoms with Gasteiger partial charge in [-0.15, -0.1) is 0 Å². The summed E-state index contributed by atoms with van der Waals surface area (Å²) < 4.78 is 0. The van der Waals surface area contributed by atoms with E-state index in [4.69, 9.17) is 0 Å². The lowest BCUT2D eigenvalue weighted by Crippen LogP contribution is -2.56. The van der Waals surface area contributed by atoms with E-state index in [0.29, 0.717) is 5.92 Å². The summed E-state index contributed by atoms with van der Waals surface area (Å²) in [5.41, 5.74) is -0.280. The zero-order chi connectivity index (χ0) is 15.7. The molecule has 2 aliphatic rings. The van der Waals surface area contributed by atoms with Crippen LogP contribution in [-0.4, -0.2) is 59.1 Å². The van der Waals surface area contributed by atoms with E-state index in [1.165, 1.54) is 6.42 Å². The van der Waals surface area contributed by atoms with E-state index in [9.17, 15) is 9.90 Å². The fraction of sp³-hybridized carbons (Fsp3) is 0.941. The molecule has 1 saturated heterocycles. The lowest BCUT2D eigenvalue weighted by Gasteiger charge is -2.45. The third-order valence-corrected chi connectivity index (χ3v) is 5.39. The van der Waals surface area contributed by atoms with Gasteiger partial charge in [-0.2, -0.15) is 0 Å². The van der Waals surface area contributed by atoms with Crippen molar-refractivity contribution in [1.29, 1.82) is 0 Å². The average molecular weight is 296 g/mol. The van der Waals surface area contributed by atoms with Gasteiger partial charge in [0.1, 0.15) is 0 Å². The first-order chi connectivity index (χ1) is 9.73. The number of hydrogen-bond donors (Lipinski definition) is 1. The number of aliphatic carboxylic acids is 1. The summed E-state index contributed by atoms with van der Waals surface area (Å²) in [6.07, 6.45) is 3.95. The molecule has 0 aromatic rings. The Morgan fingerprint density at radius 3 is 2.33 bits per heavy atom. The summed E-state index contributed by atoms with van der Waals surface area (Å²) in [7, 11) is 0. The van der Waals surface area contributed by atoms with E-state index >= 15 is 0 Å². The number of rotatable bonds is 3. The number of nitrogens with zero attached hydrogens (tertiary/aromatic N) is 2. The molecule has 2 fully saturated rings. The number of carbonyl (C=O) groups is 1. The van der Waals surface area contributed by atoms with Gasteiger partial charge in [0.25, 0.3) is 0 Å². The van der Waals surface area contributed by atoms with E-state index in [1.54, 1.807) is 0 Å². The lowest BCUT2D eigenvalue weighted by atomic mass is 9.69. The summed E-state index contributed by atoms with van der Waals surface area (Å²) in [6.45, 7) is 13.8. The van der Waals surface area contributed by atoms with E-state index in [1.807, 2.05) is 0 Å². The molecule has 0 amide bonds. The van der Waals surface area contributed by atoms with Gasteiger partial charge in [0, 0.05) is 38.3 Å². The van der Waals surface area contributed by atoms with Crippen LogP contribution >= 0.6 is 0 Å². The van der Waals surface area contributed by atoms with Gasteiger partial charge in [-0.3, -0.25) is 14.6 Å². The highest BCUT2D eigenvalue weighted by Gasteiger charge is 2.43. The summed E-state index contributed by atoms with van der Waals surface area (Å²) in [5, 5.41) is 9.78. The SMILES string of the molecule is CC1CCCC(CN2CCN(C(C)(C)C)CC2)(C(=O)O)C1. The Hall–Kier alpha value is -0.610. The molecule has 0 aromatic heterocycles. The fourth-order valence-corrected chi connectivity index (χ4v) is 4.07. The van der Waals surface area contributed by atoms with E-state index in [2.05, 4.69) is 37.5 Å². The second kappa shape index (κ2) is 6.25. The molecule has 1 heterocycles. The molecule has 0 radical (unpaired) electrons. The summed E-state index contributed by atoms with van der Waals surface area (Å²) in [4.78, 5) is 16.8. The summed E-state index contributed by atoms with van der Waals surface area (Å²) in [6, 6.07) is 0. The van der Waals surface area contributed by atoms with Crippen LogP contribution in [0.15, 0.2) is 0 Å². The first kappa shape index (κ1) is 16.8. The highest BCUT2D eigenvalue weighted by Crippen LogP contribution is 2.40. The maximum Gasteiger partial charge on any atom is 0.310 e. The van der Waals surface area contributed by atoms with Crippen LogP contribution in [0.3, 0.4) is 0 Å². The first-order valence-corrected chi connectivity index (χ1v) is 8.44. The molecule has 2 rings (SSSR count). The van der Waals surface area contributed by atoms with Gasteiger partial charge >= 0.3 is 5.97 Å². The number of carboxylic acid groups (broad SMARTS) is 1. The summed E-state index contributed by atoms with van der Waals surface area (Å²) in [5.74, 6) is -0.0296. The molecule has 1 N–H and O–H groups in total. The zero-order valence-electron chi connectivity index (χ0n) is 14.2. The highest BCUT2D eigenvalue weighted by atomic mass is 16.4. The van der Waals surface area contributed by atoms with Crippen LogP contribution in [-0.2, 0) is 4.79 Å². The van der Waals surface area contributed by atoms with E-state index in [-0.39, 0.29) is 5.54 Å². The zero-order valence-corrected chi connectivity index (χ0v) is 14.2. The smallest absolute Gasteiger partial charge is 0.310 e. The molecule has 2 atom stereocenters. The fourth-order valence-electron chi connectivity index (χ4n) is 4.07. The minimum absolute atomic E-state index is 0.218. The van der Waals surface area contributed by atoms with Crippen LogP contribution in [0.5, 0.6) is 0 Å². The van der Waals surface area contributed by atoms with Crippen molar-refractivity contribution in [2.24, 2.45) is 11.3 Å². The molecular weight excluding hydrogens is 264 g/mol. The molecule has 4 nitrogen and oxygen atoms in total. The molecule has 1 saturated carbocycles. The molecule has 2 unspecified atom stereocenters. The standard InChI is InChI=1S/C17H32N2O2/c1-14-6-5-7-17(12-14,15(20)21)13-18-8-10-19(11-9-18)16(2,3)4/h14H,5-13H2,1-4H3,(H,20,21). The molecular formula is C17H32N2O2. The minimum Gasteiger partial charge on any atom is -0.481 e. The van der Waals surface area contributed by atoms with Crippen molar-refractivity contribution in [1.82, 2.24) is 9.80 Å². The molecule has 0 bridgehead atoms. The maximum absolute atomic E-state index is 11.9. The number of carboxylic acids is 1. The minimum atomic E-state index is -0.577. The van der Waals surface area contributed by atoms with Gasteiger partial charge in [-0.25, -0.2) is 0 Å². The van der Waals surface area contributed by atoms with Gasteiger partial charge < -0.3 is 5.11 Å².